The summed E-state index contributed by atoms with van der Waals surface area (Å²) in [7, 11) is -3.82. The van der Waals surface area contributed by atoms with Crippen LogP contribution < -0.4 is 14.9 Å². The standard InChI is InChI=1S/C26H30ClF3N4O4S/c1-2-11-31-39(37,38)33-12-10-17(16-33)25(36)34(20-7-5-6-18(28)13-20)23(21-8-3-4-9-22(21)27)24(35)32-19-14-26(29,30)15-19/h3-9,13,17,19,23,31H,2,10-12,14-16H2,1H3,(H,32,35)/t17-,23?/m0/s1. The molecule has 2 fully saturated rings. The number of hydrogen-bond acceptors (Lipinski definition) is 4. The highest BCUT2D eigenvalue weighted by atomic mass is 35.5. The fraction of sp³-hybridized carbons (Fsp3) is 0.462. The molecule has 212 valence electrons. The lowest BCUT2D eigenvalue weighted by atomic mass is 9.87. The van der Waals surface area contributed by atoms with E-state index in [9.17, 15) is 31.2 Å². The Kier molecular flexibility index (Phi) is 8.89. The minimum Gasteiger partial charge on any atom is -0.351 e. The Hall–Kier alpha value is -2.67. The number of carbonyl (C=O) groups excluding carboxylic acids is 2. The molecule has 13 heteroatoms. The largest absolute Gasteiger partial charge is 0.351 e. The Morgan fingerprint density at radius 3 is 2.54 bits per heavy atom. The van der Waals surface area contributed by atoms with Gasteiger partial charge in [0, 0.05) is 54.8 Å². The number of nitrogens with one attached hydrogen (secondary N) is 2. The van der Waals surface area contributed by atoms with E-state index in [0.29, 0.717) is 6.42 Å². The van der Waals surface area contributed by atoms with E-state index in [1.54, 1.807) is 12.1 Å². The molecular weight excluding hydrogens is 557 g/mol. The van der Waals surface area contributed by atoms with Crippen molar-refractivity contribution in [2.75, 3.05) is 24.5 Å². The van der Waals surface area contributed by atoms with Crippen LogP contribution in [-0.4, -0.2) is 56.1 Å². The second kappa shape index (κ2) is 11.8. The van der Waals surface area contributed by atoms with Crippen LogP contribution in [0.3, 0.4) is 0 Å². The third kappa shape index (κ3) is 6.74. The molecule has 1 saturated carbocycles. The van der Waals surface area contributed by atoms with Crippen molar-refractivity contribution in [1.29, 1.82) is 0 Å². The van der Waals surface area contributed by atoms with E-state index in [0.717, 1.165) is 15.3 Å². The van der Waals surface area contributed by atoms with Gasteiger partial charge >= 0.3 is 0 Å². The first kappa shape index (κ1) is 29.3. The Morgan fingerprint density at radius 1 is 1.18 bits per heavy atom. The molecule has 39 heavy (non-hydrogen) atoms. The maximum atomic E-state index is 14.4. The predicted molar refractivity (Wildman–Crippen MR) is 141 cm³/mol. The Bertz CT molecular complexity index is 1320. The molecule has 1 aliphatic carbocycles. The summed E-state index contributed by atoms with van der Waals surface area (Å²) in [5, 5.41) is 2.73. The number of benzene rings is 2. The van der Waals surface area contributed by atoms with Gasteiger partial charge in [-0.05, 0) is 37.1 Å². The van der Waals surface area contributed by atoms with Crippen LogP contribution in [0.25, 0.3) is 0 Å². The molecule has 2 aromatic rings. The van der Waals surface area contributed by atoms with Crippen LogP contribution in [0.5, 0.6) is 0 Å². The molecule has 2 aliphatic rings. The van der Waals surface area contributed by atoms with Crippen LogP contribution in [0.1, 0.15) is 44.2 Å². The first-order valence-electron chi connectivity index (χ1n) is 12.7. The third-order valence-corrected chi connectivity index (χ3v) is 8.77. The number of anilines is 1. The van der Waals surface area contributed by atoms with Crippen LogP contribution in [0, 0.1) is 11.7 Å². The zero-order valence-electron chi connectivity index (χ0n) is 21.2. The van der Waals surface area contributed by atoms with Gasteiger partial charge in [-0.3, -0.25) is 14.5 Å². The van der Waals surface area contributed by atoms with Crippen LogP contribution in [-0.2, 0) is 19.8 Å². The summed E-state index contributed by atoms with van der Waals surface area (Å²) in [6.45, 7) is 1.99. The van der Waals surface area contributed by atoms with Gasteiger partial charge in [0.05, 0.1) is 5.92 Å². The van der Waals surface area contributed by atoms with Crippen molar-refractivity contribution in [3.05, 3.63) is 64.9 Å². The lowest BCUT2D eigenvalue weighted by Crippen LogP contribution is -2.54. The first-order valence-corrected chi connectivity index (χ1v) is 14.5. The highest BCUT2D eigenvalue weighted by molar-refractivity contribution is 7.87. The zero-order valence-corrected chi connectivity index (χ0v) is 22.8. The molecule has 0 radical (unpaired) electrons. The number of hydrogen-bond donors (Lipinski definition) is 2. The summed E-state index contributed by atoms with van der Waals surface area (Å²) in [5.74, 6) is -5.78. The average molecular weight is 587 g/mol. The fourth-order valence-electron chi connectivity index (χ4n) is 4.83. The first-order chi connectivity index (χ1) is 18.4. The minimum absolute atomic E-state index is 0.0458. The Labute approximate surface area is 230 Å². The molecule has 2 aromatic carbocycles. The van der Waals surface area contributed by atoms with Gasteiger partial charge in [-0.25, -0.2) is 17.9 Å². The molecule has 0 aromatic heterocycles. The second-order valence-electron chi connectivity index (χ2n) is 9.82. The van der Waals surface area contributed by atoms with E-state index in [2.05, 4.69) is 10.0 Å². The van der Waals surface area contributed by atoms with Gasteiger partial charge in [0.25, 0.3) is 16.1 Å². The predicted octanol–water partition coefficient (Wildman–Crippen LogP) is 4.03. The van der Waals surface area contributed by atoms with E-state index in [4.69, 9.17) is 11.6 Å². The quantitative estimate of drug-likeness (QED) is 0.439. The topological polar surface area (TPSA) is 98.8 Å². The van der Waals surface area contributed by atoms with Crippen LogP contribution in [0.15, 0.2) is 48.5 Å². The molecule has 0 bridgehead atoms. The molecule has 1 unspecified atom stereocenters. The van der Waals surface area contributed by atoms with E-state index in [-0.39, 0.29) is 42.3 Å². The maximum Gasteiger partial charge on any atom is 0.279 e. The van der Waals surface area contributed by atoms with Crippen molar-refractivity contribution >= 4 is 39.3 Å². The molecule has 8 nitrogen and oxygen atoms in total. The van der Waals surface area contributed by atoms with Gasteiger partial charge in [-0.1, -0.05) is 42.8 Å². The number of halogens is 4. The lowest BCUT2D eigenvalue weighted by molar-refractivity contribution is -0.133. The highest BCUT2D eigenvalue weighted by Gasteiger charge is 2.48. The van der Waals surface area contributed by atoms with Crippen molar-refractivity contribution < 1.29 is 31.2 Å². The van der Waals surface area contributed by atoms with Crippen molar-refractivity contribution in [2.24, 2.45) is 5.92 Å². The highest BCUT2D eigenvalue weighted by Crippen LogP contribution is 2.39. The molecule has 1 heterocycles. The summed E-state index contributed by atoms with van der Waals surface area (Å²) in [6, 6.07) is 9.13. The van der Waals surface area contributed by atoms with Crippen LogP contribution >= 0.6 is 11.6 Å². The molecule has 2 atom stereocenters. The lowest BCUT2D eigenvalue weighted by Gasteiger charge is -2.38. The smallest absolute Gasteiger partial charge is 0.279 e. The van der Waals surface area contributed by atoms with Gasteiger partial charge in [-0.2, -0.15) is 12.7 Å². The van der Waals surface area contributed by atoms with E-state index in [1.165, 1.54) is 30.3 Å². The van der Waals surface area contributed by atoms with Gasteiger partial charge in [0.1, 0.15) is 11.9 Å². The van der Waals surface area contributed by atoms with Gasteiger partial charge in [0.15, 0.2) is 0 Å². The summed E-state index contributed by atoms with van der Waals surface area (Å²) in [4.78, 5) is 28.8. The second-order valence-corrected chi connectivity index (χ2v) is 12.0. The third-order valence-electron chi connectivity index (χ3n) is 6.84. The number of amides is 2. The molecule has 1 aliphatic heterocycles. The van der Waals surface area contributed by atoms with Crippen LogP contribution in [0.4, 0.5) is 18.9 Å². The molecular formula is C26H30ClF3N4O4S. The van der Waals surface area contributed by atoms with Crippen molar-refractivity contribution in [3.8, 4) is 0 Å². The average Bonchev–Trinajstić information content (AvgIpc) is 3.37. The minimum atomic E-state index is -3.82. The Balaban J connectivity index is 1.71. The maximum absolute atomic E-state index is 14.4. The normalized spacial score (nSPS) is 20.3. The monoisotopic (exact) mass is 586 g/mol. The summed E-state index contributed by atoms with van der Waals surface area (Å²) >= 11 is 6.44. The number of nitrogens with zero attached hydrogens (tertiary/aromatic N) is 2. The molecule has 2 amide bonds. The summed E-state index contributed by atoms with van der Waals surface area (Å²) < 4.78 is 70.3. The molecule has 2 N–H and O–H groups in total. The Morgan fingerprint density at radius 2 is 1.90 bits per heavy atom. The number of alkyl halides is 2. The van der Waals surface area contributed by atoms with E-state index < -0.39 is 64.6 Å². The van der Waals surface area contributed by atoms with Crippen molar-refractivity contribution in [2.45, 2.75) is 50.6 Å². The molecule has 4 rings (SSSR count). The van der Waals surface area contributed by atoms with Gasteiger partial charge < -0.3 is 5.32 Å². The van der Waals surface area contributed by atoms with Crippen molar-refractivity contribution in [1.82, 2.24) is 14.3 Å². The number of rotatable bonds is 10. The summed E-state index contributed by atoms with van der Waals surface area (Å²) in [5.41, 5.74) is 0.261. The van der Waals surface area contributed by atoms with Crippen LogP contribution in [0.2, 0.25) is 5.02 Å². The van der Waals surface area contributed by atoms with Gasteiger partial charge in [0.2, 0.25) is 11.8 Å². The van der Waals surface area contributed by atoms with E-state index >= 15 is 0 Å². The summed E-state index contributed by atoms with van der Waals surface area (Å²) in [6.07, 6.45) is -0.322. The van der Waals surface area contributed by atoms with E-state index in [1.807, 2.05) is 6.92 Å². The molecule has 0 spiro atoms. The number of carbonyl (C=O) groups is 2. The SMILES string of the molecule is CCCNS(=O)(=O)N1CC[C@H](C(=O)N(c2cccc(F)c2)C(C(=O)NC2CC(F)(F)C2)c2ccccc2Cl)C1. The van der Waals surface area contributed by atoms with Crippen molar-refractivity contribution in [3.63, 3.8) is 0 Å². The fourth-order valence-corrected chi connectivity index (χ4v) is 6.44. The zero-order chi connectivity index (χ0) is 28.4. The molecule has 1 saturated heterocycles. The van der Waals surface area contributed by atoms with Gasteiger partial charge in [-0.15, -0.1) is 0 Å².